The summed E-state index contributed by atoms with van der Waals surface area (Å²) in [5, 5.41) is 13.3. The van der Waals surface area contributed by atoms with Crippen molar-refractivity contribution >= 4 is 17.9 Å². The lowest BCUT2D eigenvalue weighted by Crippen LogP contribution is -2.38. The average molecular weight is 597 g/mol. The first-order chi connectivity index (χ1) is 21.0. The van der Waals surface area contributed by atoms with E-state index in [0.717, 1.165) is 44.2 Å². The van der Waals surface area contributed by atoms with Gasteiger partial charge in [0.15, 0.2) is 6.29 Å². The molecule has 2 N–H and O–H groups in total. The SMILES string of the molecule is C=CCOC(=O)NCc1cccc(-c2cccc([C@@H]3O[C@H](CSc4ccccn4)[C@H](C)[C@H](c4ccc(CO)cc4)O3)c2)c1. The third-order valence-corrected chi connectivity index (χ3v) is 8.38. The summed E-state index contributed by atoms with van der Waals surface area (Å²) in [5.74, 6) is 0.811. The monoisotopic (exact) mass is 596 g/mol. The van der Waals surface area contributed by atoms with Crippen LogP contribution in [0.25, 0.3) is 11.1 Å². The zero-order valence-electron chi connectivity index (χ0n) is 24.1. The van der Waals surface area contributed by atoms with Crippen LogP contribution in [0.3, 0.4) is 0 Å². The van der Waals surface area contributed by atoms with E-state index in [2.05, 4.69) is 42.0 Å². The van der Waals surface area contributed by atoms with E-state index in [-0.39, 0.29) is 31.3 Å². The Labute approximate surface area is 256 Å². The van der Waals surface area contributed by atoms with Crippen molar-refractivity contribution in [1.29, 1.82) is 0 Å². The molecule has 43 heavy (non-hydrogen) atoms. The van der Waals surface area contributed by atoms with E-state index in [1.807, 2.05) is 72.8 Å². The fourth-order valence-corrected chi connectivity index (χ4v) is 6.02. The molecule has 5 rings (SSSR count). The Morgan fingerprint density at radius 1 is 0.977 bits per heavy atom. The minimum absolute atomic E-state index is 0.000113. The van der Waals surface area contributed by atoms with Gasteiger partial charge in [0, 0.05) is 30.0 Å². The number of rotatable bonds is 11. The van der Waals surface area contributed by atoms with Crippen LogP contribution < -0.4 is 5.32 Å². The van der Waals surface area contributed by atoms with Crippen LogP contribution in [-0.4, -0.2) is 34.6 Å². The van der Waals surface area contributed by atoms with Crippen LogP contribution in [0.4, 0.5) is 4.79 Å². The number of nitrogens with one attached hydrogen (secondary N) is 1. The molecular formula is C35H36N2O5S. The molecule has 0 spiro atoms. The molecule has 4 atom stereocenters. The van der Waals surface area contributed by atoms with Crippen molar-refractivity contribution in [1.82, 2.24) is 10.3 Å². The van der Waals surface area contributed by atoms with Crippen molar-refractivity contribution in [3.8, 4) is 11.1 Å². The van der Waals surface area contributed by atoms with E-state index >= 15 is 0 Å². The van der Waals surface area contributed by atoms with E-state index < -0.39 is 12.4 Å². The van der Waals surface area contributed by atoms with Gasteiger partial charge in [0.2, 0.25) is 0 Å². The first-order valence-electron chi connectivity index (χ1n) is 14.3. The predicted octanol–water partition coefficient (Wildman–Crippen LogP) is 7.24. The second-order valence-corrected chi connectivity index (χ2v) is 11.4. The predicted molar refractivity (Wildman–Crippen MR) is 168 cm³/mol. The molecule has 1 saturated heterocycles. The number of amides is 1. The maximum Gasteiger partial charge on any atom is 0.407 e. The van der Waals surface area contributed by atoms with Crippen molar-refractivity contribution in [2.75, 3.05) is 12.4 Å². The second-order valence-electron chi connectivity index (χ2n) is 10.4. The van der Waals surface area contributed by atoms with Crippen LogP contribution in [-0.2, 0) is 27.4 Å². The number of aromatic nitrogens is 1. The molecule has 4 aromatic rings. The summed E-state index contributed by atoms with van der Waals surface area (Å²) < 4.78 is 18.3. The number of alkyl carbamates (subject to hydrolysis) is 1. The van der Waals surface area contributed by atoms with Gasteiger partial charge in [-0.05, 0) is 52.1 Å². The van der Waals surface area contributed by atoms with E-state index in [4.69, 9.17) is 14.2 Å². The molecule has 0 aliphatic carbocycles. The van der Waals surface area contributed by atoms with Gasteiger partial charge in [0.25, 0.3) is 0 Å². The highest BCUT2D eigenvalue weighted by atomic mass is 32.2. The third-order valence-electron chi connectivity index (χ3n) is 7.34. The van der Waals surface area contributed by atoms with Crippen LogP contribution in [0.15, 0.2) is 115 Å². The number of aliphatic hydroxyl groups is 1. The van der Waals surface area contributed by atoms with E-state index in [0.29, 0.717) is 6.54 Å². The number of carbonyl (C=O) groups excluding carboxylic acids is 1. The van der Waals surface area contributed by atoms with Gasteiger partial charge in [0.05, 0.1) is 23.8 Å². The van der Waals surface area contributed by atoms with Gasteiger partial charge in [-0.25, -0.2) is 9.78 Å². The lowest BCUT2D eigenvalue weighted by molar-refractivity contribution is -0.268. The lowest BCUT2D eigenvalue weighted by Gasteiger charge is -2.41. The molecule has 1 amide bonds. The number of nitrogens with zero attached hydrogens (tertiary/aromatic N) is 1. The molecule has 1 aliphatic heterocycles. The molecular weight excluding hydrogens is 560 g/mol. The number of benzene rings is 3. The van der Waals surface area contributed by atoms with Gasteiger partial charge in [-0.15, -0.1) is 11.8 Å². The van der Waals surface area contributed by atoms with Gasteiger partial charge in [-0.1, -0.05) is 86.3 Å². The number of pyridine rings is 1. The Hall–Kier alpha value is -3.95. The molecule has 0 unspecified atom stereocenters. The van der Waals surface area contributed by atoms with E-state index in [1.165, 1.54) is 6.08 Å². The van der Waals surface area contributed by atoms with Gasteiger partial charge >= 0.3 is 6.09 Å². The zero-order valence-corrected chi connectivity index (χ0v) is 24.9. The van der Waals surface area contributed by atoms with Crippen LogP contribution in [0.2, 0.25) is 0 Å². The first kappa shape index (κ1) is 30.5. The summed E-state index contributed by atoms with van der Waals surface area (Å²) in [4.78, 5) is 16.3. The van der Waals surface area contributed by atoms with Gasteiger partial charge in [-0.2, -0.15) is 0 Å². The average Bonchev–Trinajstić information content (AvgIpc) is 3.06. The van der Waals surface area contributed by atoms with Crippen molar-refractivity contribution in [3.05, 3.63) is 132 Å². The number of carbonyl (C=O) groups is 1. The van der Waals surface area contributed by atoms with E-state index in [1.54, 1.807) is 18.0 Å². The normalized spacial score (nSPS) is 19.9. The molecule has 0 bridgehead atoms. The molecule has 8 heteroatoms. The topological polar surface area (TPSA) is 89.9 Å². The van der Waals surface area contributed by atoms with Gasteiger partial charge in [-0.3, -0.25) is 0 Å². The highest BCUT2D eigenvalue weighted by molar-refractivity contribution is 7.99. The lowest BCUT2D eigenvalue weighted by atomic mass is 9.91. The van der Waals surface area contributed by atoms with Crippen LogP contribution in [0.5, 0.6) is 0 Å². The van der Waals surface area contributed by atoms with Gasteiger partial charge < -0.3 is 24.6 Å². The summed E-state index contributed by atoms with van der Waals surface area (Å²) in [6.45, 7) is 6.23. The number of aliphatic hydroxyl groups excluding tert-OH is 1. The summed E-state index contributed by atoms with van der Waals surface area (Å²) in [6.07, 6.45) is 1.99. The quantitative estimate of drug-likeness (QED) is 0.139. The number of hydrogen-bond acceptors (Lipinski definition) is 7. The summed E-state index contributed by atoms with van der Waals surface area (Å²) >= 11 is 1.68. The molecule has 2 heterocycles. The molecule has 0 saturated carbocycles. The van der Waals surface area contributed by atoms with Crippen molar-refractivity contribution in [2.24, 2.45) is 5.92 Å². The Morgan fingerprint density at radius 3 is 2.51 bits per heavy atom. The summed E-state index contributed by atoms with van der Waals surface area (Å²) in [7, 11) is 0. The molecule has 1 fully saturated rings. The molecule has 222 valence electrons. The largest absolute Gasteiger partial charge is 0.445 e. The van der Waals surface area contributed by atoms with Crippen molar-refractivity contribution < 1.29 is 24.1 Å². The molecule has 0 radical (unpaired) electrons. The van der Waals surface area contributed by atoms with Gasteiger partial charge in [0.1, 0.15) is 6.61 Å². The maximum absolute atomic E-state index is 11.9. The van der Waals surface area contributed by atoms with Crippen LogP contribution >= 0.6 is 11.8 Å². The maximum atomic E-state index is 11.9. The van der Waals surface area contributed by atoms with Crippen molar-refractivity contribution in [2.45, 2.75) is 43.6 Å². The highest BCUT2D eigenvalue weighted by Gasteiger charge is 2.38. The second kappa shape index (κ2) is 15.0. The zero-order chi connectivity index (χ0) is 30.0. The Kier molecular flexibility index (Phi) is 10.6. The smallest absolute Gasteiger partial charge is 0.407 e. The van der Waals surface area contributed by atoms with E-state index in [9.17, 15) is 9.90 Å². The fourth-order valence-electron chi connectivity index (χ4n) is 5.00. The standard InChI is InChI=1S/C35H36N2O5S/c1-3-18-40-35(39)37-21-26-8-6-9-28(19-26)29-10-7-11-30(20-29)34-41-31(23-43-32-12-4-5-17-36-32)24(2)33(42-34)27-15-13-25(22-38)14-16-27/h3-17,19-20,24,31,33-34,38H,1,18,21-23H2,2H3,(H,37,39)/t24-,31+,33+,34+/m0/s1. The minimum atomic E-state index is -0.572. The highest BCUT2D eigenvalue weighted by Crippen LogP contribution is 2.43. The summed E-state index contributed by atoms with van der Waals surface area (Å²) in [6, 6.07) is 30.1. The Morgan fingerprint density at radius 2 is 1.77 bits per heavy atom. The molecule has 1 aliphatic rings. The first-order valence-corrected chi connectivity index (χ1v) is 15.3. The number of hydrogen-bond donors (Lipinski definition) is 2. The molecule has 7 nitrogen and oxygen atoms in total. The third kappa shape index (κ3) is 8.12. The van der Waals surface area contributed by atoms with Crippen molar-refractivity contribution in [3.63, 3.8) is 0 Å². The number of thioether (sulfide) groups is 1. The van der Waals surface area contributed by atoms with Crippen LogP contribution in [0.1, 0.15) is 41.6 Å². The Balaban J connectivity index is 1.37. The minimum Gasteiger partial charge on any atom is -0.445 e. The fraction of sp³-hybridized carbons (Fsp3) is 0.257. The molecule has 3 aromatic carbocycles. The number of ether oxygens (including phenoxy) is 3. The van der Waals surface area contributed by atoms with Crippen LogP contribution in [0, 0.1) is 5.92 Å². The summed E-state index contributed by atoms with van der Waals surface area (Å²) in [5.41, 5.74) is 5.82. The Bertz CT molecular complexity index is 1500. The molecule has 1 aromatic heterocycles.